The number of amides is 1. The zero-order chi connectivity index (χ0) is 15.3. The van der Waals surface area contributed by atoms with Crippen LogP contribution in [0.3, 0.4) is 0 Å². The number of rotatable bonds is 5. The van der Waals surface area contributed by atoms with E-state index in [1.807, 2.05) is 13.8 Å². The molecule has 0 radical (unpaired) electrons. The van der Waals surface area contributed by atoms with Crippen molar-refractivity contribution in [2.24, 2.45) is 0 Å². The van der Waals surface area contributed by atoms with Crippen LogP contribution in [-0.4, -0.2) is 30.1 Å². The molecule has 0 aliphatic carbocycles. The molecule has 0 heterocycles. The van der Waals surface area contributed by atoms with Gasteiger partial charge in [-0.3, -0.25) is 4.79 Å². The minimum atomic E-state index is -4.39. The molecule has 0 spiro atoms. The lowest BCUT2D eigenvalue weighted by atomic mass is 10.1. The molecule has 0 saturated heterocycles. The molecule has 0 aliphatic heterocycles. The smallest absolute Gasteiger partial charge is 0.330 e. The van der Waals surface area contributed by atoms with E-state index in [2.05, 4.69) is 15.9 Å². The van der Waals surface area contributed by atoms with E-state index in [1.165, 1.54) is 0 Å². The Balaban J connectivity index is 2.96. The van der Waals surface area contributed by atoms with Gasteiger partial charge in [0.1, 0.15) is 6.54 Å². The van der Waals surface area contributed by atoms with Gasteiger partial charge in [-0.25, -0.2) is 0 Å². The van der Waals surface area contributed by atoms with Gasteiger partial charge in [0.2, 0.25) is 0 Å². The number of halogens is 4. The van der Waals surface area contributed by atoms with Crippen LogP contribution in [0, 0.1) is 6.92 Å². The highest BCUT2D eigenvalue weighted by Gasteiger charge is 2.33. The van der Waals surface area contributed by atoms with Gasteiger partial charge in [0.15, 0.2) is 0 Å². The van der Waals surface area contributed by atoms with Gasteiger partial charge < -0.3 is 4.90 Å². The van der Waals surface area contributed by atoms with E-state index in [1.54, 1.807) is 18.2 Å². The Morgan fingerprint density at radius 1 is 1.35 bits per heavy atom. The first kappa shape index (κ1) is 17.0. The fourth-order valence-corrected chi connectivity index (χ4v) is 2.44. The lowest BCUT2D eigenvalue weighted by Gasteiger charge is -2.24. The molecule has 6 heteroatoms. The van der Waals surface area contributed by atoms with Crippen LogP contribution >= 0.6 is 15.9 Å². The van der Waals surface area contributed by atoms with Crippen molar-refractivity contribution in [1.82, 2.24) is 4.90 Å². The third-order valence-corrected chi connectivity index (χ3v) is 3.45. The third kappa shape index (κ3) is 5.15. The van der Waals surface area contributed by atoms with Crippen molar-refractivity contribution < 1.29 is 18.0 Å². The molecular weight excluding hydrogens is 335 g/mol. The molecule has 1 aromatic carbocycles. The summed E-state index contributed by atoms with van der Waals surface area (Å²) in [5.74, 6) is -0.595. The predicted octanol–water partition coefficient (Wildman–Crippen LogP) is 4.56. The Morgan fingerprint density at radius 2 is 2.00 bits per heavy atom. The van der Waals surface area contributed by atoms with Gasteiger partial charge in [0, 0.05) is 11.0 Å². The summed E-state index contributed by atoms with van der Waals surface area (Å²) in [6.45, 7) is 2.61. The number of hydrogen-bond acceptors (Lipinski definition) is 1. The number of benzene rings is 1. The van der Waals surface area contributed by atoms with Gasteiger partial charge in [0.05, 0.1) is 5.56 Å². The zero-order valence-electron chi connectivity index (χ0n) is 11.4. The summed E-state index contributed by atoms with van der Waals surface area (Å²) < 4.78 is 38.2. The predicted molar refractivity (Wildman–Crippen MR) is 75.7 cm³/mol. The summed E-state index contributed by atoms with van der Waals surface area (Å²) >= 11 is 3.24. The molecule has 20 heavy (non-hydrogen) atoms. The largest absolute Gasteiger partial charge is 0.406 e. The first-order valence-electron chi connectivity index (χ1n) is 6.36. The first-order chi connectivity index (χ1) is 9.24. The Bertz CT molecular complexity index is 474. The van der Waals surface area contributed by atoms with Gasteiger partial charge in [-0.05, 0) is 47.0 Å². The van der Waals surface area contributed by atoms with Gasteiger partial charge in [-0.15, -0.1) is 0 Å². The normalized spacial score (nSPS) is 11.5. The standard InChI is InChI=1S/C14H17BrF3NO/c1-3-4-7-19(9-14(16,17)18)13(20)11-6-5-10(2)8-12(11)15/h5-6,8H,3-4,7,9H2,1-2H3. The average molecular weight is 352 g/mol. The maximum Gasteiger partial charge on any atom is 0.406 e. The molecule has 112 valence electrons. The average Bonchev–Trinajstić information content (AvgIpc) is 2.32. The Hall–Kier alpha value is -1.04. The molecule has 0 fully saturated rings. The number of aryl methyl sites for hydroxylation is 1. The van der Waals surface area contributed by atoms with Crippen LogP contribution in [0.15, 0.2) is 22.7 Å². The minimum absolute atomic E-state index is 0.106. The number of hydrogen-bond donors (Lipinski definition) is 0. The van der Waals surface area contributed by atoms with Crippen LogP contribution in [-0.2, 0) is 0 Å². The van der Waals surface area contributed by atoms with Gasteiger partial charge in [-0.2, -0.15) is 13.2 Å². The van der Waals surface area contributed by atoms with Crippen LogP contribution in [0.2, 0.25) is 0 Å². The molecule has 1 rings (SSSR count). The van der Waals surface area contributed by atoms with Crippen LogP contribution in [0.1, 0.15) is 35.7 Å². The summed E-state index contributed by atoms with van der Waals surface area (Å²) in [5, 5.41) is 0. The topological polar surface area (TPSA) is 20.3 Å². The van der Waals surface area contributed by atoms with Crippen molar-refractivity contribution in [2.45, 2.75) is 32.9 Å². The van der Waals surface area contributed by atoms with Crippen molar-refractivity contribution in [3.63, 3.8) is 0 Å². The summed E-state index contributed by atoms with van der Waals surface area (Å²) in [6, 6.07) is 4.99. The van der Waals surface area contributed by atoms with Crippen LogP contribution < -0.4 is 0 Å². The Morgan fingerprint density at radius 3 is 2.50 bits per heavy atom. The van der Waals surface area contributed by atoms with Gasteiger partial charge in [0.25, 0.3) is 5.91 Å². The molecule has 0 N–H and O–H groups in total. The summed E-state index contributed by atoms with van der Waals surface area (Å²) in [4.78, 5) is 13.1. The fraction of sp³-hybridized carbons (Fsp3) is 0.500. The Labute approximate surface area is 125 Å². The highest BCUT2D eigenvalue weighted by Crippen LogP contribution is 2.23. The number of nitrogens with zero attached hydrogens (tertiary/aromatic N) is 1. The molecule has 2 nitrogen and oxygen atoms in total. The Kier molecular flexibility index (Phi) is 6.05. The molecule has 0 unspecified atom stereocenters. The van der Waals surface area contributed by atoms with Crippen LogP contribution in [0.5, 0.6) is 0 Å². The molecule has 1 aromatic rings. The monoisotopic (exact) mass is 351 g/mol. The van der Waals surface area contributed by atoms with E-state index in [9.17, 15) is 18.0 Å². The fourth-order valence-electron chi connectivity index (χ4n) is 1.78. The SMILES string of the molecule is CCCCN(CC(F)(F)F)C(=O)c1ccc(C)cc1Br. The van der Waals surface area contributed by atoms with Crippen molar-refractivity contribution >= 4 is 21.8 Å². The lowest BCUT2D eigenvalue weighted by molar-refractivity contribution is -0.140. The van der Waals surface area contributed by atoms with E-state index in [-0.39, 0.29) is 12.1 Å². The van der Waals surface area contributed by atoms with Crippen LogP contribution in [0.4, 0.5) is 13.2 Å². The lowest BCUT2D eigenvalue weighted by Crippen LogP contribution is -2.39. The minimum Gasteiger partial charge on any atom is -0.330 e. The molecular formula is C14H17BrF3NO. The second kappa shape index (κ2) is 7.11. The van der Waals surface area contributed by atoms with Crippen molar-refractivity contribution in [1.29, 1.82) is 0 Å². The molecule has 0 bridgehead atoms. The molecule has 1 amide bonds. The van der Waals surface area contributed by atoms with E-state index >= 15 is 0 Å². The first-order valence-corrected chi connectivity index (χ1v) is 7.16. The third-order valence-electron chi connectivity index (χ3n) is 2.79. The second-order valence-corrected chi connectivity index (χ2v) is 5.53. The number of unbranched alkanes of at least 4 members (excludes halogenated alkanes) is 1. The van der Waals surface area contributed by atoms with Gasteiger partial charge >= 0.3 is 6.18 Å². The van der Waals surface area contributed by atoms with Gasteiger partial charge in [-0.1, -0.05) is 19.4 Å². The summed E-state index contributed by atoms with van der Waals surface area (Å²) in [5.41, 5.74) is 1.19. The highest BCUT2D eigenvalue weighted by atomic mass is 79.9. The van der Waals surface area contributed by atoms with Crippen molar-refractivity contribution in [3.05, 3.63) is 33.8 Å². The van der Waals surface area contributed by atoms with Crippen LogP contribution in [0.25, 0.3) is 0 Å². The maximum absolute atomic E-state index is 12.6. The zero-order valence-corrected chi connectivity index (χ0v) is 13.0. The highest BCUT2D eigenvalue weighted by molar-refractivity contribution is 9.10. The van der Waals surface area contributed by atoms with E-state index < -0.39 is 18.6 Å². The van der Waals surface area contributed by atoms with E-state index in [0.29, 0.717) is 10.9 Å². The van der Waals surface area contributed by atoms with E-state index in [0.717, 1.165) is 16.9 Å². The number of alkyl halides is 3. The summed E-state index contributed by atoms with van der Waals surface area (Å²) in [6.07, 6.45) is -3.11. The summed E-state index contributed by atoms with van der Waals surface area (Å²) in [7, 11) is 0. The van der Waals surface area contributed by atoms with E-state index in [4.69, 9.17) is 0 Å². The second-order valence-electron chi connectivity index (χ2n) is 4.68. The molecule has 0 saturated carbocycles. The maximum atomic E-state index is 12.6. The quantitative estimate of drug-likeness (QED) is 0.761. The molecule has 0 aliphatic rings. The van der Waals surface area contributed by atoms with Crippen molar-refractivity contribution in [2.75, 3.05) is 13.1 Å². The number of carbonyl (C=O) groups is 1. The molecule has 0 atom stereocenters. The number of carbonyl (C=O) groups excluding carboxylic acids is 1. The van der Waals surface area contributed by atoms with Crippen molar-refractivity contribution in [3.8, 4) is 0 Å². The molecule has 0 aromatic heterocycles.